The molecule has 7 nitrogen and oxygen atoms in total. The quantitative estimate of drug-likeness (QED) is 0.598. The summed E-state index contributed by atoms with van der Waals surface area (Å²) >= 11 is 0. The first-order valence-corrected chi connectivity index (χ1v) is 5.59. The van der Waals surface area contributed by atoms with E-state index < -0.39 is 36.3 Å². The smallest absolute Gasteiger partial charge is 0.349 e. The van der Waals surface area contributed by atoms with E-state index in [2.05, 4.69) is 4.98 Å². The molecule has 0 aromatic carbocycles. The van der Waals surface area contributed by atoms with Gasteiger partial charge in [0.05, 0.1) is 6.61 Å². The molecule has 1 aliphatic heterocycles. The third-order valence-electron chi connectivity index (χ3n) is 3.19. The van der Waals surface area contributed by atoms with Gasteiger partial charge in [-0.05, 0) is 19.9 Å². The van der Waals surface area contributed by atoms with Crippen LogP contribution in [-0.4, -0.2) is 49.3 Å². The Kier molecular flexibility index (Phi) is 3.24. The van der Waals surface area contributed by atoms with Crippen LogP contribution >= 0.6 is 0 Å². The maximum Gasteiger partial charge on any atom is 0.349 e. The van der Waals surface area contributed by atoms with Crippen molar-refractivity contribution in [2.45, 2.75) is 37.9 Å². The highest BCUT2D eigenvalue weighted by atomic mass is 16.6. The maximum absolute atomic E-state index is 11.7. The predicted molar refractivity (Wildman–Crippen MR) is 60.9 cm³/mol. The van der Waals surface area contributed by atoms with Crippen molar-refractivity contribution < 1.29 is 20.1 Å². The molecule has 100 valence electrons. The van der Waals surface area contributed by atoms with Crippen LogP contribution in [-0.2, 0) is 4.74 Å². The molecule has 2 rings (SSSR count). The van der Waals surface area contributed by atoms with E-state index in [1.807, 2.05) is 0 Å². The zero-order valence-electron chi connectivity index (χ0n) is 10.1. The van der Waals surface area contributed by atoms with Crippen LogP contribution in [0.2, 0.25) is 0 Å². The topological polar surface area (TPSA) is 105 Å². The van der Waals surface area contributed by atoms with Gasteiger partial charge in [-0.2, -0.15) is 4.98 Å². The number of rotatable bonds is 2. The minimum Gasteiger partial charge on any atom is -0.393 e. The lowest BCUT2D eigenvalue weighted by atomic mass is 9.99. The Morgan fingerprint density at radius 1 is 1.56 bits per heavy atom. The van der Waals surface area contributed by atoms with Crippen molar-refractivity contribution >= 4 is 0 Å². The van der Waals surface area contributed by atoms with Crippen molar-refractivity contribution in [3.8, 4) is 0 Å². The molecule has 18 heavy (non-hydrogen) atoms. The van der Waals surface area contributed by atoms with Crippen LogP contribution in [0.3, 0.4) is 0 Å². The van der Waals surface area contributed by atoms with E-state index in [0.29, 0.717) is 5.69 Å². The summed E-state index contributed by atoms with van der Waals surface area (Å²) in [6.07, 6.45) is -2.20. The molecule has 0 amide bonds. The Morgan fingerprint density at radius 2 is 2.22 bits per heavy atom. The lowest BCUT2D eigenvalue weighted by Crippen LogP contribution is -2.43. The van der Waals surface area contributed by atoms with Crippen LogP contribution in [0.5, 0.6) is 0 Å². The Hall–Kier alpha value is -1.28. The van der Waals surface area contributed by atoms with Gasteiger partial charge < -0.3 is 20.1 Å². The van der Waals surface area contributed by atoms with Gasteiger partial charge in [-0.25, -0.2) is 4.79 Å². The highest BCUT2D eigenvalue weighted by Crippen LogP contribution is 2.35. The highest BCUT2D eigenvalue weighted by molar-refractivity contribution is 5.02. The van der Waals surface area contributed by atoms with Crippen LogP contribution < -0.4 is 5.69 Å². The molecule has 0 saturated carbocycles. The van der Waals surface area contributed by atoms with E-state index >= 15 is 0 Å². The van der Waals surface area contributed by atoms with Crippen molar-refractivity contribution in [3.63, 3.8) is 0 Å². The predicted octanol–water partition coefficient (Wildman–Crippen LogP) is -1.45. The number of ether oxygens (including phenoxy) is 1. The van der Waals surface area contributed by atoms with Crippen molar-refractivity contribution in [1.82, 2.24) is 9.55 Å². The molecule has 4 atom stereocenters. The Labute approximate surface area is 103 Å². The summed E-state index contributed by atoms with van der Waals surface area (Å²) in [4.78, 5) is 15.4. The molecule has 2 heterocycles. The number of aryl methyl sites for hydroxylation is 1. The normalized spacial score (nSPS) is 35.9. The number of hydrogen-bond donors (Lipinski definition) is 3. The van der Waals surface area contributed by atoms with Gasteiger partial charge >= 0.3 is 5.69 Å². The van der Waals surface area contributed by atoms with Gasteiger partial charge in [-0.15, -0.1) is 0 Å². The van der Waals surface area contributed by atoms with Gasteiger partial charge in [0.1, 0.15) is 17.8 Å². The van der Waals surface area contributed by atoms with Gasteiger partial charge in [-0.1, -0.05) is 0 Å². The molecule has 1 aliphatic rings. The molecule has 7 heteroatoms. The van der Waals surface area contributed by atoms with Gasteiger partial charge in [0.2, 0.25) is 0 Å². The number of aromatic nitrogens is 2. The minimum absolute atomic E-state index is 0.463. The summed E-state index contributed by atoms with van der Waals surface area (Å²) in [6.45, 7) is 2.67. The van der Waals surface area contributed by atoms with Crippen LogP contribution in [0, 0.1) is 6.92 Å². The second kappa shape index (κ2) is 4.43. The monoisotopic (exact) mass is 256 g/mol. The van der Waals surface area contributed by atoms with E-state index in [-0.39, 0.29) is 0 Å². The third kappa shape index (κ3) is 1.95. The lowest BCUT2D eigenvalue weighted by molar-refractivity contribution is -0.117. The van der Waals surface area contributed by atoms with E-state index in [9.17, 15) is 20.1 Å². The zero-order chi connectivity index (χ0) is 13.5. The summed E-state index contributed by atoms with van der Waals surface area (Å²) < 4.78 is 6.50. The minimum atomic E-state index is -1.30. The lowest BCUT2D eigenvalue weighted by Gasteiger charge is -2.24. The molecule has 0 aliphatic carbocycles. The van der Waals surface area contributed by atoms with Crippen LogP contribution in [0.25, 0.3) is 0 Å². The molecule has 1 aromatic heterocycles. The van der Waals surface area contributed by atoms with Crippen LogP contribution in [0.1, 0.15) is 18.8 Å². The molecule has 0 spiro atoms. The Morgan fingerprint density at radius 3 is 2.72 bits per heavy atom. The van der Waals surface area contributed by atoms with E-state index in [1.165, 1.54) is 13.1 Å². The summed E-state index contributed by atoms with van der Waals surface area (Å²) in [5.41, 5.74) is -1.32. The van der Waals surface area contributed by atoms with Crippen LogP contribution in [0.15, 0.2) is 17.1 Å². The van der Waals surface area contributed by atoms with Crippen LogP contribution in [0.4, 0.5) is 0 Å². The summed E-state index contributed by atoms with van der Waals surface area (Å²) in [6, 6.07) is 1.60. The number of nitrogens with zero attached hydrogens (tertiary/aromatic N) is 2. The second-order valence-corrected chi connectivity index (χ2v) is 4.67. The molecule has 0 radical (unpaired) electrons. The SMILES string of the molecule is Cc1ccn([C@@H]2O[C@](C)(CO)[C@H](O)C2O)c(=O)n1. The van der Waals surface area contributed by atoms with Crippen molar-refractivity contribution in [1.29, 1.82) is 0 Å². The van der Waals surface area contributed by atoms with E-state index in [4.69, 9.17) is 4.74 Å². The fraction of sp³-hybridized carbons (Fsp3) is 0.636. The first kappa shape index (κ1) is 13.2. The highest BCUT2D eigenvalue weighted by Gasteiger charge is 2.51. The van der Waals surface area contributed by atoms with E-state index in [1.54, 1.807) is 13.0 Å². The van der Waals surface area contributed by atoms with Crippen molar-refractivity contribution in [2.75, 3.05) is 6.61 Å². The van der Waals surface area contributed by atoms with Crippen molar-refractivity contribution in [2.24, 2.45) is 0 Å². The average Bonchev–Trinajstić information content (AvgIpc) is 2.55. The number of aliphatic hydroxyl groups is 3. The first-order valence-electron chi connectivity index (χ1n) is 5.59. The standard InChI is InChI=1S/C11H16N2O5/c1-6-3-4-13(10(17)12-6)9-7(15)8(16)11(2,5-14)18-9/h3-4,7-9,14-16H,5H2,1-2H3/t7?,8-,9-,11-/m1/s1. The van der Waals surface area contributed by atoms with Gasteiger partial charge in [0.15, 0.2) is 6.23 Å². The van der Waals surface area contributed by atoms with Gasteiger partial charge in [-0.3, -0.25) is 4.57 Å². The maximum atomic E-state index is 11.7. The van der Waals surface area contributed by atoms with Crippen molar-refractivity contribution in [3.05, 3.63) is 28.4 Å². The summed E-state index contributed by atoms with van der Waals surface area (Å²) in [5.74, 6) is 0. The molecule has 1 fully saturated rings. The third-order valence-corrected chi connectivity index (χ3v) is 3.19. The van der Waals surface area contributed by atoms with Gasteiger partial charge in [0, 0.05) is 11.9 Å². The zero-order valence-corrected chi connectivity index (χ0v) is 10.1. The molecular formula is C11H16N2O5. The first-order chi connectivity index (χ1) is 8.39. The second-order valence-electron chi connectivity index (χ2n) is 4.67. The molecule has 3 N–H and O–H groups in total. The van der Waals surface area contributed by atoms with E-state index in [0.717, 1.165) is 4.57 Å². The molecular weight excluding hydrogens is 240 g/mol. The molecule has 1 unspecified atom stereocenters. The Bertz CT molecular complexity index is 502. The summed E-state index contributed by atoms with van der Waals surface area (Å²) in [5, 5.41) is 28.9. The molecule has 0 bridgehead atoms. The number of aliphatic hydroxyl groups excluding tert-OH is 3. The average molecular weight is 256 g/mol. The largest absolute Gasteiger partial charge is 0.393 e. The Balaban J connectivity index is 2.38. The van der Waals surface area contributed by atoms with Gasteiger partial charge in [0.25, 0.3) is 0 Å². The summed E-state index contributed by atoms with van der Waals surface area (Å²) in [7, 11) is 0. The molecule has 1 aromatic rings. The number of hydrogen-bond acceptors (Lipinski definition) is 6. The fourth-order valence-corrected chi connectivity index (χ4v) is 1.98. The fourth-order valence-electron chi connectivity index (χ4n) is 1.98. The molecule has 1 saturated heterocycles.